The number of carbonyl (C=O) groups excluding carboxylic acids is 2. The molecule has 0 atom stereocenters. The molecule has 2 N–H and O–H groups in total. The molecule has 1 fully saturated rings. The van der Waals surface area contributed by atoms with Gasteiger partial charge in [-0.25, -0.2) is 5.01 Å². The van der Waals surface area contributed by atoms with Gasteiger partial charge in [0.15, 0.2) is 0 Å². The number of rotatable bonds is 7. The van der Waals surface area contributed by atoms with Crippen LogP contribution in [-0.4, -0.2) is 43.9 Å². The van der Waals surface area contributed by atoms with Gasteiger partial charge in [0.25, 0.3) is 11.8 Å². The van der Waals surface area contributed by atoms with E-state index in [1.54, 1.807) is 18.2 Å². The molecule has 0 radical (unpaired) electrons. The van der Waals surface area contributed by atoms with E-state index < -0.39 is 5.91 Å². The van der Waals surface area contributed by atoms with Crippen molar-refractivity contribution in [2.75, 3.05) is 37.5 Å². The number of anilines is 2. The Morgan fingerprint density at radius 3 is 2.39 bits per heavy atom. The van der Waals surface area contributed by atoms with E-state index in [4.69, 9.17) is 0 Å². The van der Waals surface area contributed by atoms with E-state index in [1.165, 1.54) is 5.01 Å². The SMILES string of the molecule is CN(C)CCCNc1ccc(/C=C2\C(=O)NN(c3ccc(I)cc3)C2=O)cc1. The molecule has 0 aliphatic carbocycles. The maximum atomic E-state index is 12.7. The monoisotopic (exact) mass is 490 g/mol. The van der Waals surface area contributed by atoms with E-state index in [9.17, 15) is 9.59 Å². The molecule has 1 aliphatic rings. The van der Waals surface area contributed by atoms with E-state index in [2.05, 4.69) is 52.3 Å². The van der Waals surface area contributed by atoms with Crippen LogP contribution >= 0.6 is 22.6 Å². The molecule has 0 bridgehead atoms. The molecule has 28 heavy (non-hydrogen) atoms. The van der Waals surface area contributed by atoms with Crippen molar-refractivity contribution in [2.24, 2.45) is 0 Å². The summed E-state index contributed by atoms with van der Waals surface area (Å²) < 4.78 is 1.06. The molecule has 146 valence electrons. The number of hydrazine groups is 1. The van der Waals surface area contributed by atoms with Crippen LogP contribution in [0.5, 0.6) is 0 Å². The molecule has 0 spiro atoms. The third-order valence-corrected chi connectivity index (χ3v) is 5.03. The molecule has 2 aromatic rings. The van der Waals surface area contributed by atoms with Gasteiger partial charge in [-0.1, -0.05) is 12.1 Å². The standard InChI is InChI=1S/C21H23IN4O2/c1-25(2)13-3-12-23-17-8-4-15(5-9-17)14-19-20(27)24-26(21(19)28)18-10-6-16(22)7-11-18/h4-11,14,23H,3,12-13H2,1-2H3,(H,24,27)/b19-14+. The summed E-state index contributed by atoms with van der Waals surface area (Å²) >= 11 is 2.19. The number of halogens is 1. The molecule has 1 aliphatic heterocycles. The lowest BCUT2D eigenvalue weighted by Gasteiger charge is -2.14. The fourth-order valence-corrected chi connectivity index (χ4v) is 3.18. The van der Waals surface area contributed by atoms with Crippen LogP contribution in [0.25, 0.3) is 6.08 Å². The van der Waals surface area contributed by atoms with Gasteiger partial charge in [-0.15, -0.1) is 0 Å². The van der Waals surface area contributed by atoms with Crippen LogP contribution in [0.1, 0.15) is 12.0 Å². The van der Waals surface area contributed by atoms with Crippen LogP contribution in [-0.2, 0) is 9.59 Å². The second kappa shape index (κ2) is 9.20. The zero-order chi connectivity index (χ0) is 20.1. The Morgan fingerprint density at radius 1 is 1.07 bits per heavy atom. The van der Waals surface area contributed by atoms with Gasteiger partial charge in [0.1, 0.15) is 5.57 Å². The fraction of sp³-hybridized carbons (Fsp3) is 0.238. The Labute approximate surface area is 178 Å². The summed E-state index contributed by atoms with van der Waals surface area (Å²) in [6.45, 7) is 1.93. The van der Waals surface area contributed by atoms with Crippen LogP contribution in [0.15, 0.2) is 54.1 Å². The van der Waals surface area contributed by atoms with Gasteiger partial charge in [0.05, 0.1) is 5.69 Å². The number of carbonyl (C=O) groups is 2. The average Bonchev–Trinajstić information content (AvgIpc) is 2.95. The average molecular weight is 490 g/mol. The first-order valence-electron chi connectivity index (χ1n) is 9.05. The number of hydrogen-bond donors (Lipinski definition) is 2. The van der Waals surface area contributed by atoms with E-state index in [0.717, 1.165) is 34.3 Å². The predicted molar refractivity (Wildman–Crippen MR) is 121 cm³/mol. The summed E-state index contributed by atoms with van der Waals surface area (Å²) in [7, 11) is 4.12. The first-order valence-corrected chi connectivity index (χ1v) is 10.1. The van der Waals surface area contributed by atoms with Crippen LogP contribution in [0.4, 0.5) is 11.4 Å². The summed E-state index contributed by atoms with van der Waals surface area (Å²) in [6, 6.07) is 15.1. The summed E-state index contributed by atoms with van der Waals surface area (Å²) in [4.78, 5) is 27.1. The lowest BCUT2D eigenvalue weighted by Crippen LogP contribution is -2.35. The van der Waals surface area contributed by atoms with Crippen molar-refractivity contribution in [3.63, 3.8) is 0 Å². The first-order chi connectivity index (χ1) is 13.4. The number of amides is 2. The van der Waals surface area contributed by atoms with E-state index in [0.29, 0.717) is 5.69 Å². The molecule has 0 saturated carbocycles. The molecular formula is C21H23IN4O2. The van der Waals surface area contributed by atoms with E-state index >= 15 is 0 Å². The molecule has 2 aromatic carbocycles. The number of hydrogen-bond acceptors (Lipinski definition) is 4. The van der Waals surface area contributed by atoms with Crippen molar-refractivity contribution in [3.05, 3.63) is 63.2 Å². The van der Waals surface area contributed by atoms with Crippen LogP contribution in [0, 0.1) is 3.57 Å². The van der Waals surface area contributed by atoms with Crippen molar-refractivity contribution >= 4 is 51.9 Å². The number of nitrogens with zero attached hydrogens (tertiary/aromatic N) is 2. The molecule has 0 unspecified atom stereocenters. The van der Waals surface area contributed by atoms with Crippen molar-refractivity contribution in [1.82, 2.24) is 10.3 Å². The minimum absolute atomic E-state index is 0.130. The van der Waals surface area contributed by atoms with Gasteiger partial charge in [-0.2, -0.15) is 0 Å². The fourth-order valence-electron chi connectivity index (χ4n) is 2.82. The predicted octanol–water partition coefficient (Wildman–Crippen LogP) is 3.12. The molecule has 7 heteroatoms. The largest absolute Gasteiger partial charge is 0.385 e. The van der Waals surface area contributed by atoms with Gasteiger partial charge in [-0.05, 0) is 97.7 Å². The highest BCUT2D eigenvalue weighted by Crippen LogP contribution is 2.22. The molecular weight excluding hydrogens is 467 g/mol. The minimum atomic E-state index is -0.394. The molecule has 2 amide bonds. The third-order valence-electron chi connectivity index (χ3n) is 4.31. The normalized spacial score (nSPS) is 15.4. The van der Waals surface area contributed by atoms with Gasteiger partial charge in [-0.3, -0.25) is 15.0 Å². The summed E-state index contributed by atoms with van der Waals surface area (Å²) in [5.41, 5.74) is 5.22. The zero-order valence-corrected chi connectivity index (χ0v) is 18.1. The van der Waals surface area contributed by atoms with Crippen molar-refractivity contribution in [1.29, 1.82) is 0 Å². The van der Waals surface area contributed by atoms with Crippen LogP contribution in [0.3, 0.4) is 0 Å². The highest BCUT2D eigenvalue weighted by molar-refractivity contribution is 14.1. The van der Waals surface area contributed by atoms with Crippen molar-refractivity contribution in [3.8, 4) is 0 Å². The van der Waals surface area contributed by atoms with Gasteiger partial charge < -0.3 is 10.2 Å². The number of benzene rings is 2. The molecule has 1 heterocycles. The topological polar surface area (TPSA) is 64.7 Å². The number of nitrogens with one attached hydrogen (secondary N) is 2. The lowest BCUT2D eigenvalue weighted by atomic mass is 10.1. The first kappa shape index (κ1) is 20.3. The van der Waals surface area contributed by atoms with E-state index in [1.807, 2.05) is 36.4 Å². The Bertz CT molecular complexity index is 876. The second-order valence-electron chi connectivity index (χ2n) is 6.82. The lowest BCUT2D eigenvalue weighted by molar-refractivity contribution is -0.117. The Morgan fingerprint density at radius 2 is 1.75 bits per heavy atom. The quantitative estimate of drug-likeness (QED) is 0.271. The molecule has 3 rings (SSSR count). The van der Waals surface area contributed by atoms with E-state index in [-0.39, 0.29) is 11.5 Å². The maximum Gasteiger partial charge on any atom is 0.282 e. The smallest absolute Gasteiger partial charge is 0.282 e. The maximum absolute atomic E-state index is 12.7. The molecule has 6 nitrogen and oxygen atoms in total. The van der Waals surface area contributed by atoms with Crippen molar-refractivity contribution < 1.29 is 9.59 Å². The summed E-state index contributed by atoms with van der Waals surface area (Å²) in [5, 5.41) is 4.65. The Kier molecular flexibility index (Phi) is 6.69. The van der Waals surface area contributed by atoms with Crippen LogP contribution in [0.2, 0.25) is 0 Å². The van der Waals surface area contributed by atoms with Crippen LogP contribution < -0.4 is 15.8 Å². The van der Waals surface area contributed by atoms with Gasteiger partial charge >= 0.3 is 0 Å². The van der Waals surface area contributed by atoms with Gasteiger partial charge in [0, 0.05) is 15.8 Å². The van der Waals surface area contributed by atoms with Gasteiger partial charge in [0.2, 0.25) is 0 Å². The summed E-state index contributed by atoms with van der Waals surface area (Å²) in [5.74, 6) is -0.744. The Balaban J connectivity index is 1.66. The van der Waals surface area contributed by atoms with Crippen molar-refractivity contribution in [2.45, 2.75) is 6.42 Å². The minimum Gasteiger partial charge on any atom is -0.385 e. The second-order valence-corrected chi connectivity index (χ2v) is 8.07. The Hall–Kier alpha value is -2.39. The summed E-state index contributed by atoms with van der Waals surface area (Å²) in [6.07, 6.45) is 2.68. The molecule has 0 aromatic heterocycles. The zero-order valence-electron chi connectivity index (χ0n) is 15.9. The highest BCUT2D eigenvalue weighted by Gasteiger charge is 2.34. The molecule has 1 saturated heterocycles. The third kappa shape index (κ3) is 5.11. The highest BCUT2D eigenvalue weighted by atomic mass is 127.